The van der Waals surface area contributed by atoms with Crippen molar-refractivity contribution in [3.63, 3.8) is 0 Å². The smallest absolute Gasteiger partial charge is 0.159 e. The van der Waals surface area contributed by atoms with Crippen LogP contribution >= 0.6 is 0 Å². The zero-order valence-corrected chi connectivity index (χ0v) is 26.4. The molecule has 49 heavy (non-hydrogen) atoms. The van der Waals surface area contributed by atoms with Gasteiger partial charge in [-0.05, 0) is 56.6 Å². The topological polar surface area (TPSA) is 38.7 Å². The molecule has 0 N–H and O–H groups in total. The Morgan fingerprint density at radius 2 is 1.00 bits per heavy atom. The molecule has 226 valence electrons. The van der Waals surface area contributed by atoms with Gasteiger partial charge in [-0.1, -0.05) is 146 Å². The number of hydrogen-bond acceptors (Lipinski definition) is 3. The number of benzene rings is 7. The Balaban J connectivity index is 1.19. The first-order chi connectivity index (χ1) is 24.3. The van der Waals surface area contributed by atoms with Gasteiger partial charge in [-0.2, -0.15) is 0 Å². The Hall–Kier alpha value is -6.45. The molecule has 1 spiro atoms. The summed E-state index contributed by atoms with van der Waals surface area (Å²) in [5, 5.41) is 4.62. The summed E-state index contributed by atoms with van der Waals surface area (Å²) in [4.78, 5) is 14.8. The predicted octanol–water partition coefficient (Wildman–Crippen LogP) is 11.0. The van der Waals surface area contributed by atoms with Crippen molar-refractivity contribution >= 4 is 32.6 Å². The molecule has 2 aromatic heterocycles. The molecule has 0 fully saturated rings. The number of hydrogen-bond donors (Lipinski definition) is 0. The molecule has 0 amide bonds. The average Bonchev–Trinajstić information content (AvgIpc) is 3.65. The van der Waals surface area contributed by atoms with E-state index in [2.05, 4.69) is 138 Å². The number of aromatic nitrogens is 3. The van der Waals surface area contributed by atoms with Gasteiger partial charge in [0.05, 0.1) is 22.1 Å². The Bertz CT molecular complexity index is 2790. The van der Waals surface area contributed by atoms with Gasteiger partial charge in [-0.3, -0.25) is 0 Å². The van der Waals surface area contributed by atoms with Crippen LogP contribution in [0, 0.1) is 0 Å². The van der Waals surface area contributed by atoms with Gasteiger partial charge in [0.1, 0.15) is 0 Å². The first-order valence-electron chi connectivity index (χ1n) is 16.8. The van der Waals surface area contributed by atoms with Gasteiger partial charge in [-0.25, -0.2) is 15.0 Å². The van der Waals surface area contributed by atoms with E-state index in [4.69, 9.17) is 9.97 Å². The number of rotatable bonds is 2. The van der Waals surface area contributed by atoms with E-state index in [1.807, 2.05) is 30.5 Å². The molecule has 0 aliphatic heterocycles. The molecule has 0 saturated heterocycles. The fraction of sp³-hybridized carbons (Fsp3) is 0.0217. The summed E-state index contributed by atoms with van der Waals surface area (Å²) in [6, 6.07) is 57.0. The van der Waals surface area contributed by atoms with Crippen LogP contribution < -0.4 is 0 Å². The Morgan fingerprint density at radius 1 is 0.408 bits per heavy atom. The van der Waals surface area contributed by atoms with Crippen LogP contribution in [0.15, 0.2) is 164 Å². The van der Waals surface area contributed by atoms with Crippen molar-refractivity contribution < 1.29 is 0 Å². The minimum absolute atomic E-state index is 0.390. The van der Waals surface area contributed by atoms with Crippen LogP contribution in [0.25, 0.3) is 77.5 Å². The summed E-state index contributed by atoms with van der Waals surface area (Å²) >= 11 is 0. The molecule has 0 bridgehead atoms. The Morgan fingerprint density at radius 3 is 1.76 bits per heavy atom. The zero-order valence-electron chi connectivity index (χ0n) is 26.4. The van der Waals surface area contributed by atoms with E-state index >= 15 is 0 Å². The summed E-state index contributed by atoms with van der Waals surface area (Å²) < 4.78 is 0. The fourth-order valence-corrected chi connectivity index (χ4v) is 8.73. The van der Waals surface area contributed by atoms with E-state index in [1.165, 1.54) is 55.3 Å². The number of pyridine rings is 1. The van der Waals surface area contributed by atoms with Crippen molar-refractivity contribution in [3.05, 3.63) is 186 Å². The second-order valence-corrected chi connectivity index (χ2v) is 13.1. The van der Waals surface area contributed by atoms with Crippen molar-refractivity contribution in [2.75, 3.05) is 0 Å². The fourth-order valence-electron chi connectivity index (χ4n) is 8.73. The molecule has 2 aliphatic carbocycles. The van der Waals surface area contributed by atoms with Crippen molar-refractivity contribution in [1.29, 1.82) is 0 Å². The molecule has 2 aliphatic rings. The Kier molecular flexibility index (Phi) is 5.31. The third-order valence-corrected chi connectivity index (χ3v) is 10.7. The van der Waals surface area contributed by atoms with E-state index in [-0.39, 0.29) is 5.41 Å². The second-order valence-electron chi connectivity index (χ2n) is 13.1. The summed E-state index contributed by atoms with van der Waals surface area (Å²) in [6.07, 6.45) is 1.90. The van der Waals surface area contributed by atoms with Crippen LogP contribution in [0.2, 0.25) is 0 Å². The van der Waals surface area contributed by atoms with Gasteiger partial charge in [-0.15, -0.1) is 0 Å². The monoisotopic (exact) mass is 621 g/mol. The highest BCUT2D eigenvalue weighted by molar-refractivity contribution is 6.20. The highest BCUT2D eigenvalue weighted by atomic mass is 14.9. The maximum absolute atomic E-state index is 5.33. The van der Waals surface area contributed by atoms with E-state index in [9.17, 15) is 0 Å². The first kappa shape index (κ1) is 26.6. The standard InChI is InChI=1S/C46H27N3/c1-9-19-40-30(11-1)27-47-45(49-40)29-23-21-28(22-24-29)44-35-25-26-39-43(42(35)34-15-5-10-20-41(34)48-44)33-14-4-8-18-38(33)46(39)36-16-6-2-12-31(36)32-13-3-7-17-37(32)46/h1-27H. The lowest BCUT2D eigenvalue weighted by Gasteiger charge is -2.30. The summed E-state index contributed by atoms with van der Waals surface area (Å²) in [7, 11) is 0. The van der Waals surface area contributed by atoms with Gasteiger partial charge in [0.25, 0.3) is 0 Å². The predicted molar refractivity (Wildman–Crippen MR) is 200 cm³/mol. The lowest BCUT2D eigenvalue weighted by atomic mass is 9.70. The Labute approximate surface area is 283 Å². The van der Waals surface area contributed by atoms with Crippen LogP contribution in [0.5, 0.6) is 0 Å². The van der Waals surface area contributed by atoms with Crippen LogP contribution in [-0.2, 0) is 5.41 Å². The van der Waals surface area contributed by atoms with Crippen LogP contribution in [0.3, 0.4) is 0 Å². The molecule has 2 heterocycles. The molecular formula is C46H27N3. The minimum Gasteiger partial charge on any atom is -0.247 e. The van der Waals surface area contributed by atoms with Gasteiger partial charge in [0.2, 0.25) is 0 Å². The first-order valence-corrected chi connectivity index (χ1v) is 16.8. The van der Waals surface area contributed by atoms with E-state index in [0.717, 1.165) is 44.5 Å². The maximum atomic E-state index is 5.33. The van der Waals surface area contributed by atoms with E-state index in [1.54, 1.807) is 0 Å². The number of fused-ring (bicyclic) bond motifs is 15. The largest absolute Gasteiger partial charge is 0.247 e. The SMILES string of the molecule is c1ccc2c(c1)-c1ccccc1C21c2ccccc2-c2c1ccc1c(-c3ccc(-c4ncc5ccccc5n4)cc3)nc3ccccc3c21. The van der Waals surface area contributed by atoms with Crippen molar-refractivity contribution in [2.45, 2.75) is 5.41 Å². The highest BCUT2D eigenvalue weighted by Gasteiger charge is 2.52. The third-order valence-electron chi connectivity index (χ3n) is 10.7. The van der Waals surface area contributed by atoms with E-state index in [0.29, 0.717) is 0 Å². The zero-order chi connectivity index (χ0) is 32.1. The van der Waals surface area contributed by atoms with Gasteiger partial charge < -0.3 is 0 Å². The lowest BCUT2D eigenvalue weighted by molar-refractivity contribution is 0.794. The molecule has 3 heteroatoms. The van der Waals surface area contributed by atoms with Crippen LogP contribution in [0.4, 0.5) is 0 Å². The van der Waals surface area contributed by atoms with Crippen LogP contribution in [-0.4, -0.2) is 15.0 Å². The molecule has 0 atom stereocenters. The van der Waals surface area contributed by atoms with Crippen molar-refractivity contribution in [3.8, 4) is 44.9 Å². The third kappa shape index (κ3) is 3.49. The highest BCUT2D eigenvalue weighted by Crippen LogP contribution is 2.64. The molecule has 0 saturated carbocycles. The quantitative estimate of drug-likeness (QED) is 0.180. The maximum Gasteiger partial charge on any atom is 0.159 e. The summed E-state index contributed by atoms with van der Waals surface area (Å²) in [6.45, 7) is 0. The summed E-state index contributed by atoms with van der Waals surface area (Å²) in [5.74, 6) is 0.721. The number of nitrogens with zero attached hydrogens (tertiary/aromatic N) is 3. The molecule has 0 radical (unpaired) electrons. The minimum atomic E-state index is -0.390. The lowest BCUT2D eigenvalue weighted by Crippen LogP contribution is -2.25. The normalized spacial score (nSPS) is 13.5. The van der Waals surface area contributed by atoms with Gasteiger partial charge in [0.15, 0.2) is 5.82 Å². The molecule has 7 aromatic carbocycles. The van der Waals surface area contributed by atoms with Crippen molar-refractivity contribution in [2.24, 2.45) is 0 Å². The number of para-hydroxylation sites is 2. The van der Waals surface area contributed by atoms with E-state index < -0.39 is 0 Å². The average molecular weight is 622 g/mol. The molecule has 9 aromatic rings. The van der Waals surface area contributed by atoms with Crippen LogP contribution in [0.1, 0.15) is 22.3 Å². The molecule has 3 nitrogen and oxygen atoms in total. The molecular weight excluding hydrogens is 595 g/mol. The second kappa shape index (κ2) is 9.79. The van der Waals surface area contributed by atoms with Crippen molar-refractivity contribution in [1.82, 2.24) is 15.0 Å². The van der Waals surface area contributed by atoms with Gasteiger partial charge >= 0.3 is 0 Å². The molecule has 0 unspecified atom stereocenters. The molecule has 11 rings (SSSR count). The van der Waals surface area contributed by atoms with Gasteiger partial charge in [0, 0.05) is 38.9 Å². The summed E-state index contributed by atoms with van der Waals surface area (Å²) in [5.41, 5.74) is 15.2.